The van der Waals surface area contributed by atoms with Gasteiger partial charge in [0.15, 0.2) is 0 Å². The lowest BCUT2D eigenvalue weighted by atomic mass is 9.87. The molecule has 0 radical (unpaired) electrons. The summed E-state index contributed by atoms with van der Waals surface area (Å²) in [5.74, 6) is 2.02. The summed E-state index contributed by atoms with van der Waals surface area (Å²) in [6, 6.07) is 57.2. The minimum absolute atomic E-state index is 0.925. The SMILES string of the molecule is Cn1c(C2=CC=C(c3cccc4cccc(-c5ccc(-c6nc7c8ccccc8c8ccccc8c7n6C)cc5)c34)CC2)nc2c3ccccc3c3ccccc3c21. The van der Waals surface area contributed by atoms with E-state index in [9.17, 15) is 0 Å². The number of aromatic nitrogens is 4. The molecule has 9 aromatic carbocycles. The summed E-state index contributed by atoms with van der Waals surface area (Å²) in [5, 5.41) is 12.4. The molecule has 12 rings (SSSR count). The molecule has 0 aliphatic heterocycles. The highest BCUT2D eigenvalue weighted by molar-refractivity contribution is 6.25. The van der Waals surface area contributed by atoms with E-state index in [-0.39, 0.29) is 0 Å². The van der Waals surface area contributed by atoms with Crippen molar-refractivity contribution in [2.24, 2.45) is 14.1 Å². The number of hydrogen-bond acceptors (Lipinski definition) is 2. The van der Waals surface area contributed by atoms with Gasteiger partial charge >= 0.3 is 0 Å². The molecule has 0 N–H and O–H groups in total. The van der Waals surface area contributed by atoms with Gasteiger partial charge in [0.05, 0.1) is 22.1 Å². The maximum absolute atomic E-state index is 5.35. The Morgan fingerprint density at radius 2 is 0.810 bits per heavy atom. The van der Waals surface area contributed by atoms with E-state index in [0.717, 1.165) is 41.1 Å². The highest BCUT2D eigenvalue weighted by Crippen LogP contribution is 2.42. The van der Waals surface area contributed by atoms with Gasteiger partial charge in [0.2, 0.25) is 0 Å². The zero-order valence-corrected chi connectivity index (χ0v) is 32.4. The van der Waals surface area contributed by atoms with Gasteiger partial charge in [0, 0.05) is 41.2 Å². The Bertz CT molecular complexity index is 3570. The van der Waals surface area contributed by atoms with E-state index < -0.39 is 0 Å². The molecule has 0 fully saturated rings. The van der Waals surface area contributed by atoms with Crippen LogP contribution in [-0.2, 0) is 14.1 Å². The molecule has 58 heavy (non-hydrogen) atoms. The highest BCUT2D eigenvalue weighted by Gasteiger charge is 2.22. The van der Waals surface area contributed by atoms with E-state index in [1.807, 2.05) is 0 Å². The minimum atomic E-state index is 0.925. The monoisotopic (exact) mass is 742 g/mol. The van der Waals surface area contributed by atoms with Crippen molar-refractivity contribution < 1.29 is 0 Å². The van der Waals surface area contributed by atoms with E-state index in [1.54, 1.807) is 0 Å². The lowest BCUT2D eigenvalue weighted by Crippen LogP contribution is -2.01. The van der Waals surface area contributed by atoms with Crippen LogP contribution in [0.3, 0.4) is 0 Å². The molecule has 0 bridgehead atoms. The van der Waals surface area contributed by atoms with Crippen molar-refractivity contribution in [2.45, 2.75) is 12.8 Å². The summed E-state index contributed by atoms with van der Waals surface area (Å²) >= 11 is 0. The second kappa shape index (κ2) is 12.6. The van der Waals surface area contributed by atoms with Crippen molar-refractivity contribution in [1.29, 1.82) is 0 Å². The molecule has 0 amide bonds. The number of hydrogen-bond donors (Lipinski definition) is 0. The molecule has 0 spiro atoms. The van der Waals surface area contributed by atoms with Crippen LogP contribution in [0.25, 0.3) is 110 Å². The zero-order valence-electron chi connectivity index (χ0n) is 32.4. The third kappa shape index (κ3) is 4.75. The van der Waals surface area contributed by atoms with Crippen LogP contribution in [0.1, 0.15) is 24.2 Å². The summed E-state index contributed by atoms with van der Waals surface area (Å²) < 4.78 is 4.58. The van der Waals surface area contributed by atoms with E-state index in [4.69, 9.17) is 9.97 Å². The Kier molecular flexibility index (Phi) is 7.15. The van der Waals surface area contributed by atoms with Crippen molar-refractivity contribution in [1.82, 2.24) is 19.1 Å². The quantitative estimate of drug-likeness (QED) is 0.168. The first-order valence-corrected chi connectivity index (χ1v) is 20.2. The van der Waals surface area contributed by atoms with Crippen LogP contribution >= 0.6 is 0 Å². The summed E-state index contributed by atoms with van der Waals surface area (Å²) in [7, 11) is 4.32. The van der Waals surface area contributed by atoms with Crippen molar-refractivity contribution in [3.05, 3.63) is 181 Å². The summed E-state index contributed by atoms with van der Waals surface area (Å²) in [6.45, 7) is 0. The largest absolute Gasteiger partial charge is 0.327 e. The van der Waals surface area contributed by atoms with Crippen LogP contribution in [0, 0.1) is 0 Å². The van der Waals surface area contributed by atoms with Crippen LogP contribution in [0.4, 0.5) is 0 Å². The summed E-state index contributed by atoms with van der Waals surface area (Å²) in [5.41, 5.74) is 12.0. The highest BCUT2D eigenvalue weighted by atomic mass is 15.1. The van der Waals surface area contributed by atoms with Crippen LogP contribution in [0.2, 0.25) is 0 Å². The Labute approximate surface area is 335 Å². The smallest absolute Gasteiger partial charge is 0.140 e. The molecule has 2 heterocycles. The predicted octanol–water partition coefficient (Wildman–Crippen LogP) is 13.8. The third-order valence-electron chi connectivity index (χ3n) is 12.6. The van der Waals surface area contributed by atoms with Crippen LogP contribution in [-0.4, -0.2) is 19.1 Å². The fourth-order valence-corrected chi connectivity index (χ4v) is 9.93. The molecule has 0 atom stereocenters. The third-order valence-corrected chi connectivity index (χ3v) is 12.6. The minimum Gasteiger partial charge on any atom is -0.327 e. The second-order valence-corrected chi connectivity index (χ2v) is 15.7. The number of aryl methyl sites for hydroxylation is 2. The molecule has 2 aromatic heterocycles. The molecular formula is C54H38N4. The van der Waals surface area contributed by atoms with Crippen molar-refractivity contribution >= 4 is 87.1 Å². The Morgan fingerprint density at radius 3 is 1.36 bits per heavy atom. The molecule has 0 saturated heterocycles. The summed E-state index contributed by atoms with van der Waals surface area (Å²) in [4.78, 5) is 10.7. The van der Waals surface area contributed by atoms with Gasteiger partial charge in [-0.25, -0.2) is 9.97 Å². The van der Waals surface area contributed by atoms with Gasteiger partial charge in [-0.05, 0) is 73.0 Å². The first kappa shape index (κ1) is 32.9. The van der Waals surface area contributed by atoms with Gasteiger partial charge in [0.1, 0.15) is 11.6 Å². The molecule has 11 aromatic rings. The number of allylic oxidation sites excluding steroid dienone is 4. The Morgan fingerprint density at radius 1 is 0.379 bits per heavy atom. The Hall–Kier alpha value is -7.30. The molecule has 1 aliphatic carbocycles. The van der Waals surface area contributed by atoms with Crippen molar-refractivity contribution in [3.8, 4) is 22.5 Å². The molecule has 0 unspecified atom stereocenters. The van der Waals surface area contributed by atoms with E-state index in [0.29, 0.717) is 0 Å². The second-order valence-electron chi connectivity index (χ2n) is 15.7. The van der Waals surface area contributed by atoms with E-state index in [1.165, 1.54) is 92.7 Å². The van der Waals surface area contributed by atoms with Gasteiger partial charge < -0.3 is 9.13 Å². The van der Waals surface area contributed by atoms with Gasteiger partial charge in [0.25, 0.3) is 0 Å². The van der Waals surface area contributed by atoms with Gasteiger partial charge in [-0.2, -0.15) is 0 Å². The molecule has 4 heteroatoms. The summed E-state index contributed by atoms with van der Waals surface area (Å²) in [6.07, 6.45) is 6.51. The first-order valence-electron chi connectivity index (χ1n) is 20.2. The van der Waals surface area contributed by atoms with Crippen molar-refractivity contribution in [3.63, 3.8) is 0 Å². The van der Waals surface area contributed by atoms with Crippen LogP contribution in [0.5, 0.6) is 0 Å². The molecule has 0 saturated carbocycles. The number of rotatable bonds is 4. The zero-order chi connectivity index (χ0) is 38.5. The van der Waals surface area contributed by atoms with E-state index in [2.05, 4.69) is 193 Å². The average Bonchev–Trinajstić information content (AvgIpc) is 3.83. The molecule has 1 aliphatic rings. The topological polar surface area (TPSA) is 35.6 Å². The maximum atomic E-state index is 5.35. The van der Waals surface area contributed by atoms with Crippen molar-refractivity contribution in [2.75, 3.05) is 0 Å². The van der Waals surface area contributed by atoms with Gasteiger partial charge in [-0.1, -0.05) is 170 Å². The lowest BCUT2D eigenvalue weighted by molar-refractivity contribution is 0.902. The maximum Gasteiger partial charge on any atom is 0.140 e. The number of benzene rings is 9. The fraction of sp³-hybridized carbons (Fsp3) is 0.0741. The van der Waals surface area contributed by atoms with Crippen LogP contribution < -0.4 is 0 Å². The lowest BCUT2D eigenvalue weighted by Gasteiger charge is -2.18. The molecule has 274 valence electrons. The number of nitrogens with zero attached hydrogens (tertiary/aromatic N) is 4. The number of imidazole rings is 2. The molecule has 4 nitrogen and oxygen atoms in total. The van der Waals surface area contributed by atoms with Crippen LogP contribution in [0.15, 0.2) is 170 Å². The standard InChI is InChI=1S/C54H38N4/c1-57-51-46-21-9-5-17-42(46)40-15-3-7-19-44(40)49(51)55-53(57)36-29-25-33(26-30-36)38-23-11-13-35-14-12-24-39(48(35)38)34-27-31-37(32-28-34)54-56-50-45-20-8-4-16-41(45)43-18-6-10-22-47(43)52(50)58(54)2/h3-27,29-31H,28,32H2,1-2H3. The first-order chi connectivity index (χ1) is 28.6. The van der Waals surface area contributed by atoms with E-state index >= 15 is 0 Å². The number of fused-ring (bicyclic) bond motifs is 13. The Balaban J connectivity index is 0.940. The predicted molar refractivity (Wildman–Crippen MR) is 245 cm³/mol. The average molecular weight is 743 g/mol. The van der Waals surface area contributed by atoms with Gasteiger partial charge in [-0.15, -0.1) is 0 Å². The van der Waals surface area contributed by atoms with Gasteiger partial charge in [-0.3, -0.25) is 0 Å². The molecular weight excluding hydrogens is 705 g/mol. The fourth-order valence-electron chi connectivity index (χ4n) is 9.93. The normalized spacial score (nSPS) is 13.4.